The van der Waals surface area contributed by atoms with Gasteiger partial charge in [0, 0.05) is 6.42 Å². The molecule has 1 amide bonds. The molecule has 0 saturated heterocycles. The van der Waals surface area contributed by atoms with E-state index in [-0.39, 0.29) is 12.3 Å². The zero-order chi connectivity index (χ0) is 21.2. The summed E-state index contributed by atoms with van der Waals surface area (Å²) in [5.74, 6) is 1.33. The van der Waals surface area contributed by atoms with Crippen molar-refractivity contribution < 1.29 is 14.3 Å². The van der Waals surface area contributed by atoms with E-state index in [9.17, 15) is 4.79 Å². The Balaban J connectivity index is 1.39. The Hall–Kier alpha value is -3.46. The number of hydrazone groups is 1. The van der Waals surface area contributed by atoms with Crippen LogP contribution in [0.4, 0.5) is 5.13 Å². The maximum Gasteiger partial charge on any atom is 0.247 e. The number of carbonyl (C=O) groups is 1. The van der Waals surface area contributed by atoms with Gasteiger partial charge < -0.3 is 15.2 Å². The number of anilines is 1. The van der Waals surface area contributed by atoms with E-state index in [0.29, 0.717) is 23.4 Å². The number of amides is 1. The maximum absolute atomic E-state index is 11.8. The lowest BCUT2D eigenvalue weighted by atomic mass is 10.2. The molecule has 3 aromatic rings. The topological polar surface area (TPSA) is 112 Å². The van der Waals surface area contributed by atoms with Crippen LogP contribution in [0.15, 0.2) is 53.6 Å². The van der Waals surface area contributed by atoms with Crippen LogP contribution < -0.4 is 20.6 Å². The molecule has 1 heterocycles. The largest absolute Gasteiger partial charge is 0.493 e. The van der Waals surface area contributed by atoms with Crippen molar-refractivity contribution in [2.24, 2.45) is 5.10 Å². The quantitative estimate of drug-likeness (QED) is 0.293. The summed E-state index contributed by atoms with van der Waals surface area (Å²) in [7, 11) is 0. The summed E-state index contributed by atoms with van der Waals surface area (Å²) in [6, 6.07) is 15.4. The highest BCUT2D eigenvalue weighted by Crippen LogP contribution is 2.17. The lowest BCUT2D eigenvalue weighted by molar-refractivity contribution is -0.120. The van der Waals surface area contributed by atoms with E-state index in [1.54, 1.807) is 6.21 Å². The number of para-hydroxylation sites is 1. The minimum atomic E-state index is -0.288. The Morgan fingerprint density at radius 1 is 1.17 bits per heavy atom. The van der Waals surface area contributed by atoms with E-state index in [4.69, 9.17) is 15.2 Å². The Kier molecular flexibility index (Phi) is 7.73. The summed E-state index contributed by atoms with van der Waals surface area (Å²) in [5, 5.41) is 12.3. The van der Waals surface area contributed by atoms with Crippen molar-refractivity contribution >= 4 is 28.6 Å². The first-order valence-corrected chi connectivity index (χ1v) is 10.2. The Labute approximate surface area is 178 Å². The smallest absolute Gasteiger partial charge is 0.247 e. The highest BCUT2D eigenvalue weighted by atomic mass is 32.1. The molecular weight excluding hydrogens is 402 g/mol. The minimum Gasteiger partial charge on any atom is -0.493 e. The van der Waals surface area contributed by atoms with Gasteiger partial charge in [0.15, 0.2) is 0 Å². The van der Waals surface area contributed by atoms with Crippen molar-refractivity contribution in [3.8, 4) is 11.5 Å². The summed E-state index contributed by atoms with van der Waals surface area (Å²) in [6.07, 6.45) is 2.40. The zero-order valence-corrected chi connectivity index (χ0v) is 17.4. The number of nitrogen functional groups attached to an aromatic ring is 1. The van der Waals surface area contributed by atoms with Gasteiger partial charge in [0.1, 0.15) is 16.5 Å². The van der Waals surface area contributed by atoms with E-state index >= 15 is 0 Å². The second-order valence-corrected chi connectivity index (χ2v) is 7.49. The molecule has 0 aliphatic carbocycles. The summed E-state index contributed by atoms with van der Waals surface area (Å²) in [4.78, 5) is 11.8. The van der Waals surface area contributed by atoms with Crippen LogP contribution in [0.25, 0.3) is 0 Å². The van der Waals surface area contributed by atoms with Crippen molar-refractivity contribution in [1.29, 1.82) is 0 Å². The van der Waals surface area contributed by atoms with Crippen molar-refractivity contribution in [2.45, 2.75) is 19.8 Å². The molecule has 0 atom stereocenters. The average molecular weight is 426 g/mol. The van der Waals surface area contributed by atoms with Crippen molar-refractivity contribution in [3.05, 3.63) is 64.7 Å². The predicted molar refractivity (Wildman–Crippen MR) is 117 cm³/mol. The normalized spacial score (nSPS) is 10.8. The molecule has 30 heavy (non-hydrogen) atoms. The van der Waals surface area contributed by atoms with Crippen LogP contribution in [0, 0.1) is 6.92 Å². The lowest BCUT2D eigenvalue weighted by Gasteiger charge is -2.10. The van der Waals surface area contributed by atoms with Gasteiger partial charge in [-0.3, -0.25) is 4.79 Å². The standard InChI is InChI=1S/C21H23N5O3S/c1-15-6-2-3-9-18(15)29-11-5-10-28-17-8-4-7-16(12-17)14-23-24-19(27)13-20-25-26-21(22)30-20/h2-4,6-9,12,14H,5,10-11,13H2,1H3,(H2,22,26)(H,24,27). The molecule has 1 aromatic heterocycles. The molecule has 2 aromatic carbocycles. The van der Waals surface area contributed by atoms with Crippen LogP contribution in [0.3, 0.4) is 0 Å². The molecule has 8 nitrogen and oxygen atoms in total. The van der Waals surface area contributed by atoms with Crippen LogP contribution in [-0.2, 0) is 11.2 Å². The van der Waals surface area contributed by atoms with Gasteiger partial charge in [0.25, 0.3) is 0 Å². The number of ether oxygens (including phenoxy) is 2. The number of benzene rings is 2. The molecule has 0 aliphatic heterocycles. The lowest BCUT2D eigenvalue weighted by Crippen LogP contribution is -2.19. The Morgan fingerprint density at radius 3 is 2.80 bits per heavy atom. The Bertz CT molecular complexity index is 1010. The SMILES string of the molecule is Cc1ccccc1OCCCOc1cccc(C=NNC(=O)Cc2nnc(N)s2)c1. The van der Waals surface area contributed by atoms with E-state index in [0.717, 1.165) is 29.0 Å². The maximum atomic E-state index is 11.8. The zero-order valence-electron chi connectivity index (χ0n) is 16.6. The van der Waals surface area contributed by atoms with Crippen molar-refractivity contribution in [2.75, 3.05) is 18.9 Å². The van der Waals surface area contributed by atoms with Gasteiger partial charge in [-0.2, -0.15) is 5.10 Å². The summed E-state index contributed by atoms with van der Waals surface area (Å²) in [5.41, 5.74) is 9.88. The van der Waals surface area contributed by atoms with Crippen molar-refractivity contribution in [1.82, 2.24) is 15.6 Å². The predicted octanol–water partition coefficient (Wildman–Crippen LogP) is 2.97. The summed E-state index contributed by atoms with van der Waals surface area (Å²) in [6.45, 7) is 3.14. The molecule has 3 N–H and O–H groups in total. The molecule has 156 valence electrons. The monoisotopic (exact) mass is 425 g/mol. The molecule has 3 rings (SSSR count). The second kappa shape index (κ2) is 10.9. The number of hydrogen-bond donors (Lipinski definition) is 2. The highest BCUT2D eigenvalue weighted by molar-refractivity contribution is 7.15. The van der Waals surface area contributed by atoms with Gasteiger partial charge in [-0.15, -0.1) is 10.2 Å². The van der Waals surface area contributed by atoms with Crippen LogP contribution >= 0.6 is 11.3 Å². The van der Waals surface area contributed by atoms with Crippen molar-refractivity contribution in [3.63, 3.8) is 0 Å². The summed E-state index contributed by atoms with van der Waals surface area (Å²) >= 11 is 1.18. The molecule has 0 bridgehead atoms. The number of nitrogens with zero attached hydrogens (tertiary/aromatic N) is 3. The number of nitrogens with two attached hydrogens (primary N) is 1. The van der Waals surface area contributed by atoms with Crippen LogP contribution in [-0.4, -0.2) is 35.5 Å². The van der Waals surface area contributed by atoms with Gasteiger partial charge in [-0.25, -0.2) is 5.43 Å². The van der Waals surface area contributed by atoms with Gasteiger partial charge >= 0.3 is 0 Å². The molecule has 0 spiro atoms. The number of rotatable bonds is 10. The highest BCUT2D eigenvalue weighted by Gasteiger charge is 2.07. The van der Waals surface area contributed by atoms with Gasteiger partial charge in [0.2, 0.25) is 11.0 Å². The van der Waals surface area contributed by atoms with Gasteiger partial charge in [-0.1, -0.05) is 41.7 Å². The first-order chi connectivity index (χ1) is 14.6. The van der Waals surface area contributed by atoms with E-state index in [1.165, 1.54) is 11.3 Å². The van der Waals surface area contributed by atoms with E-state index in [1.807, 2.05) is 55.5 Å². The third kappa shape index (κ3) is 6.85. The fourth-order valence-corrected chi connectivity index (χ4v) is 3.14. The molecule has 0 unspecified atom stereocenters. The third-order valence-electron chi connectivity index (χ3n) is 3.96. The van der Waals surface area contributed by atoms with Crippen LogP contribution in [0.5, 0.6) is 11.5 Å². The van der Waals surface area contributed by atoms with E-state index in [2.05, 4.69) is 20.7 Å². The minimum absolute atomic E-state index is 0.0833. The van der Waals surface area contributed by atoms with Crippen LogP contribution in [0.2, 0.25) is 0 Å². The number of nitrogens with one attached hydrogen (secondary N) is 1. The number of carbonyl (C=O) groups excluding carboxylic acids is 1. The number of aromatic nitrogens is 2. The molecule has 0 aliphatic rings. The van der Waals surface area contributed by atoms with Gasteiger partial charge in [-0.05, 0) is 36.2 Å². The second-order valence-electron chi connectivity index (χ2n) is 6.39. The molecule has 0 radical (unpaired) electrons. The average Bonchev–Trinajstić information content (AvgIpc) is 3.14. The van der Waals surface area contributed by atoms with E-state index < -0.39 is 0 Å². The first-order valence-electron chi connectivity index (χ1n) is 9.41. The Morgan fingerprint density at radius 2 is 2.00 bits per heavy atom. The molecular formula is C21H23N5O3S. The number of hydrogen-bond acceptors (Lipinski definition) is 8. The van der Waals surface area contributed by atoms with Crippen LogP contribution in [0.1, 0.15) is 22.6 Å². The molecule has 0 saturated carbocycles. The van der Waals surface area contributed by atoms with Gasteiger partial charge in [0.05, 0.1) is 25.8 Å². The number of aryl methyl sites for hydroxylation is 1. The fourth-order valence-electron chi connectivity index (χ4n) is 2.53. The summed E-state index contributed by atoms with van der Waals surface area (Å²) < 4.78 is 11.5. The first kappa shape index (κ1) is 21.3. The third-order valence-corrected chi connectivity index (χ3v) is 4.72. The molecule has 9 heteroatoms. The molecule has 0 fully saturated rings. The fraction of sp³-hybridized carbons (Fsp3) is 0.238.